The van der Waals surface area contributed by atoms with Gasteiger partial charge in [-0.05, 0) is 31.4 Å². The Bertz CT molecular complexity index is 1420. The van der Waals surface area contributed by atoms with Crippen molar-refractivity contribution in [2.45, 2.75) is 44.4 Å². The molecule has 1 saturated carbocycles. The molecule has 2 aromatic heterocycles. The number of aliphatic hydroxyl groups is 1. The number of hydrogen-bond acceptors (Lipinski definition) is 10. The van der Waals surface area contributed by atoms with Crippen molar-refractivity contribution in [3.05, 3.63) is 34.6 Å². The van der Waals surface area contributed by atoms with Gasteiger partial charge in [0.05, 0.1) is 46.4 Å². The van der Waals surface area contributed by atoms with Crippen molar-refractivity contribution < 1.29 is 9.90 Å². The van der Waals surface area contributed by atoms with Crippen LogP contribution in [0.3, 0.4) is 0 Å². The molecule has 0 bridgehead atoms. The Morgan fingerprint density at radius 3 is 2.75 bits per heavy atom. The van der Waals surface area contributed by atoms with Crippen molar-refractivity contribution in [2.75, 3.05) is 28.6 Å². The van der Waals surface area contributed by atoms with Crippen LogP contribution < -0.4 is 20.9 Å². The fourth-order valence-electron chi connectivity index (χ4n) is 4.21. The highest BCUT2D eigenvalue weighted by molar-refractivity contribution is 6.36. The molecule has 0 spiro atoms. The van der Waals surface area contributed by atoms with Gasteiger partial charge in [-0.25, -0.2) is 4.98 Å². The van der Waals surface area contributed by atoms with Gasteiger partial charge in [0.2, 0.25) is 11.9 Å². The third-order valence-electron chi connectivity index (χ3n) is 6.13. The number of aromatic nitrogens is 4. The number of nitrogens with zero attached hydrogens (tertiary/aromatic N) is 7. The van der Waals surface area contributed by atoms with Gasteiger partial charge in [-0.2, -0.15) is 20.0 Å². The van der Waals surface area contributed by atoms with Crippen molar-refractivity contribution in [3.8, 4) is 12.1 Å². The van der Waals surface area contributed by atoms with Gasteiger partial charge < -0.3 is 26.0 Å². The van der Waals surface area contributed by atoms with Crippen LogP contribution in [0.5, 0.6) is 0 Å². The first kappa shape index (κ1) is 23.6. The number of nitrogens with one attached hydrogen (secondary N) is 3. The average molecular weight is 507 g/mol. The highest BCUT2D eigenvalue weighted by Crippen LogP contribution is 2.37. The zero-order chi connectivity index (χ0) is 25.4. The van der Waals surface area contributed by atoms with E-state index in [4.69, 9.17) is 11.6 Å². The average Bonchev–Trinajstić information content (AvgIpc) is 3.57. The Kier molecular flexibility index (Phi) is 6.22. The lowest BCUT2D eigenvalue weighted by molar-refractivity contribution is -0.120. The SMILES string of the molecule is CC(=O)NC1CN(c2cc(C#N)cc(Nc3nc(NC4CC4)c4ncc(C#N)n4n3)c2Cl)CCC1O. The lowest BCUT2D eigenvalue weighted by atomic mass is 10.0. The molecule has 13 heteroatoms. The van der Waals surface area contributed by atoms with Crippen LogP contribution in [0.1, 0.15) is 37.4 Å². The molecule has 12 nitrogen and oxygen atoms in total. The van der Waals surface area contributed by atoms with Crippen molar-refractivity contribution >= 4 is 46.3 Å². The van der Waals surface area contributed by atoms with Crippen molar-refractivity contribution in [1.82, 2.24) is 24.9 Å². The highest BCUT2D eigenvalue weighted by atomic mass is 35.5. The standard InChI is InChI=1S/C23H23ClN10O2/c1-12(35)28-17-11-33(5-4-19(17)36)18-7-13(8-25)6-16(20(18)24)30-23-31-21(29-14-2-3-14)22-27-10-15(9-26)34(22)32-23/h6-7,10,14,17,19,36H,2-5,11H2,1H3,(H,28,35)(H2,29,30,31,32). The van der Waals surface area contributed by atoms with Gasteiger partial charge in [-0.1, -0.05) is 11.6 Å². The maximum Gasteiger partial charge on any atom is 0.247 e. The molecule has 5 rings (SSSR count). The van der Waals surface area contributed by atoms with Crippen LogP contribution in [0.2, 0.25) is 5.02 Å². The van der Waals surface area contributed by atoms with E-state index in [1.807, 2.05) is 4.90 Å². The summed E-state index contributed by atoms with van der Waals surface area (Å²) in [5, 5.41) is 43.4. The van der Waals surface area contributed by atoms with Crippen LogP contribution in [0.4, 0.5) is 23.1 Å². The molecule has 0 radical (unpaired) electrons. The van der Waals surface area contributed by atoms with E-state index < -0.39 is 12.1 Å². The van der Waals surface area contributed by atoms with Gasteiger partial charge >= 0.3 is 0 Å². The molecule has 4 N–H and O–H groups in total. The van der Waals surface area contributed by atoms with Crippen LogP contribution in [-0.4, -0.2) is 61.9 Å². The van der Waals surface area contributed by atoms with Crippen LogP contribution in [0, 0.1) is 22.7 Å². The summed E-state index contributed by atoms with van der Waals surface area (Å²) in [4.78, 5) is 22.3. The molecule has 1 saturated heterocycles. The summed E-state index contributed by atoms with van der Waals surface area (Å²) in [6.07, 6.45) is 3.22. The minimum atomic E-state index is -0.678. The number of nitriles is 2. The van der Waals surface area contributed by atoms with Gasteiger partial charge in [0.1, 0.15) is 6.07 Å². The van der Waals surface area contributed by atoms with Crippen LogP contribution in [0.25, 0.3) is 5.65 Å². The quantitative estimate of drug-likeness (QED) is 0.387. The molecule has 3 heterocycles. The monoisotopic (exact) mass is 506 g/mol. The molecule has 184 valence electrons. The largest absolute Gasteiger partial charge is 0.391 e. The predicted molar refractivity (Wildman–Crippen MR) is 132 cm³/mol. The number of halogens is 1. The second-order valence-corrected chi connectivity index (χ2v) is 9.27. The van der Waals surface area contributed by atoms with E-state index in [9.17, 15) is 20.4 Å². The second kappa shape index (κ2) is 9.49. The zero-order valence-electron chi connectivity index (χ0n) is 19.4. The number of imidazole rings is 1. The third-order valence-corrected chi connectivity index (χ3v) is 6.53. The lowest BCUT2D eigenvalue weighted by Crippen LogP contribution is -2.55. The Hall–Kier alpha value is -4.13. The number of anilines is 4. The Labute approximate surface area is 211 Å². The number of aliphatic hydroxyl groups excluding tert-OH is 1. The first-order valence-electron chi connectivity index (χ1n) is 11.5. The van der Waals surface area contributed by atoms with Gasteiger partial charge in [0.15, 0.2) is 17.2 Å². The van der Waals surface area contributed by atoms with E-state index in [2.05, 4.69) is 43.2 Å². The number of amides is 1. The number of rotatable bonds is 6. The fourth-order valence-corrected chi connectivity index (χ4v) is 4.48. The summed E-state index contributed by atoms with van der Waals surface area (Å²) in [7, 11) is 0. The smallest absolute Gasteiger partial charge is 0.247 e. The predicted octanol–water partition coefficient (Wildman–Crippen LogP) is 1.91. The number of benzene rings is 1. The highest BCUT2D eigenvalue weighted by Gasteiger charge is 2.30. The van der Waals surface area contributed by atoms with Crippen LogP contribution >= 0.6 is 11.6 Å². The summed E-state index contributed by atoms with van der Waals surface area (Å²) in [5.41, 5.74) is 2.04. The zero-order valence-corrected chi connectivity index (χ0v) is 20.1. The summed E-state index contributed by atoms with van der Waals surface area (Å²) in [6.45, 7) is 2.22. The van der Waals surface area contributed by atoms with Gasteiger partial charge in [-0.15, -0.1) is 5.10 Å². The number of fused-ring (bicyclic) bond motifs is 1. The summed E-state index contributed by atoms with van der Waals surface area (Å²) >= 11 is 6.79. The molecule has 2 atom stereocenters. The van der Waals surface area contributed by atoms with E-state index >= 15 is 0 Å². The van der Waals surface area contributed by atoms with Crippen molar-refractivity contribution in [1.29, 1.82) is 10.5 Å². The van der Waals surface area contributed by atoms with Crippen molar-refractivity contribution in [2.24, 2.45) is 0 Å². The number of carbonyl (C=O) groups excluding carboxylic acids is 1. The number of piperidine rings is 1. The molecule has 2 fully saturated rings. The van der Waals surface area contributed by atoms with E-state index in [-0.39, 0.29) is 17.5 Å². The Balaban J connectivity index is 1.50. The maximum absolute atomic E-state index is 11.6. The molecule has 1 aliphatic heterocycles. The fraction of sp³-hybridized carbons (Fsp3) is 0.391. The third kappa shape index (κ3) is 4.69. The topological polar surface area (TPSA) is 167 Å². The van der Waals surface area contributed by atoms with E-state index in [0.717, 1.165) is 12.8 Å². The van der Waals surface area contributed by atoms with Crippen LogP contribution in [0.15, 0.2) is 18.3 Å². The Morgan fingerprint density at radius 2 is 2.06 bits per heavy atom. The molecule has 2 aliphatic rings. The maximum atomic E-state index is 11.6. The van der Waals surface area contributed by atoms with Crippen molar-refractivity contribution in [3.63, 3.8) is 0 Å². The van der Waals surface area contributed by atoms with Gasteiger partial charge in [0.25, 0.3) is 0 Å². The molecular formula is C23H23ClN10O2. The van der Waals surface area contributed by atoms with E-state index in [1.54, 1.807) is 12.1 Å². The molecule has 1 aromatic carbocycles. The molecule has 3 aromatic rings. The normalized spacial score (nSPS) is 19.4. The Morgan fingerprint density at radius 1 is 1.25 bits per heavy atom. The first-order chi connectivity index (χ1) is 17.4. The summed E-state index contributed by atoms with van der Waals surface area (Å²) < 4.78 is 1.41. The van der Waals surface area contributed by atoms with E-state index in [1.165, 1.54) is 17.6 Å². The molecule has 1 amide bonds. The van der Waals surface area contributed by atoms with Gasteiger partial charge in [-0.3, -0.25) is 4.79 Å². The number of hydrogen-bond donors (Lipinski definition) is 4. The van der Waals surface area contributed by atoms with Crippen LogP contribution in [-0.2, 0) is 4.79 Å². The van der Waals surface area contributed by atoms with E-state index in [0.29, 0.717) is 59.0 Å². The lowest BCUT2D eigenvalue weighted by Gasteiger charge is -2.38. The molecular weight excluding hydrogens is 484 g/mol. The number of carbonyl (C=O) groups is 1. The second-order valence-electron chi connectivity index (χ2n) is 8.90. The molecule has 1 aliphatic carbocycles. The molecule has 2 unspecified atom stereocenters. The molecule has 36 heavy (non-hydrogen) atoms. The first-order valence-corrected chi connectivity index (χ1v) is 11.9. The minimum Gasteiger partial charge on any atom is -0.391 e. The minimum absolute atomic E-state index is 0.174. The summed E-state index contributed by atoms with van der Waals surface area (Å²) in [6, 6.07) is 7.30. The summed E-state index contributed by atoms with van der Waals surface area (Å²) in [5.74, 6) is 0.431. The van der Waals surface area contributed by atoms with Gasteiger partial charge in [0, 0.05) is 26.1 Å².